The first-order valence-corrected chi connectivity index (χ1v) is 11.2. The van der Waals surface area contributed by atoms with E-state index in [1.54, 1.807) is 6.20 Å². The number of halogens is 1. The molecule has 0 fully saturated rings. The zero-order valence-electron chi connectivity index (χ0n) is 19.0. The van der Waals surface area contributed by atoms with Crippen molar-refractivity contribution in [1.29, 1.82) is 0 Å². The number of rotatable bonds is 5. The number of carbonyl (C=O) groups is 1. The Kier molecular flexibility index (Phi) is 4.67. The first kappa shape index (κ1) is 21.0. The van der Waals surface area contributed by atoms with Gasteiger partial charge in [0.25, 0.3) is 0 Å². The number of hydrogen-bond acceptors (Lipinski definition) is 4. The summed E-state index contributed by atoms with van der Waals surface area (Å²) in [7, 11) is 0. The highest BCUT2D eigenvalue weighted by Gasteiger charge is 2.28. The maximum absolute atomic E-state index is 14.6. The van der Waals surface area contributed by atoms with E-state index < -0.39 is 11.8 Å². The zero-order chi connectivity index (χ0) is 24.3. The number of nitrogens with one attached hydrogen (secondary N) is 3. The van der Waals surface area contributed by atoms with E-state index in [2.05, 4.69) is 30.4 Å². The maximum Gasteiger partial charge on any atom is 0.352 e. The van der Waals surface area contributed by atoms with Crippen LogP contribution in [0.5, 0.6) is 0 Å². The Hall–Kier alpha value is -4.53. The van der Waals surface area contributed by atoms with Gasteiger partial charge in [-0.15, -0.1) is 5.10 Å². The van der Waals surface area contributed by atoms with E-state index in [1.807, 2.05) is 44.2 Å². The van der Waals surface area contributed by atoms with Crippen molar-refractivity contribution in [1.82, 2.24) is 15.0 Å². The van der Waals surface area contributed by atoms with Gasteiger partial charge in [-0.25, -0.2) is 9.18 Å². The van der Waals surface area contributed by atoms with Crippen molar-refractivity contribution in [2.45, 2.75) is 19.8 Å². The number of aromatic nitrogens is 3. The van der Waals surface area contributed by atoms with Gasteiger partial charge in [-0.3, -0.25) is 0 Å². The molecular weight excluding hydrogens is 447 g/mol. The summed E-state index contributed by atoms with van der Waals surface area (Å²) in [4.78, 5) is 22.0. The molecule has 174 valence electrons. The number of nitrogens with zero attached hydrogens (tertiary/aromatic N) is 3. The SMILES string of the molecule is CC(C)c1c(-c2cc(F)cc3[nH]ccc23)[nH]c(C(=O)O)c1-c1cccc2[nH]c(C3=NN=NC3)cc12. The molecule has 0 saturated heterocycles. The predicted octanol–water partition coefficient (Wildman–Crippen LogP) is 6.44. The van der Waals surface area contributed by atoms with Crippen molar-refractivity contribution in [3.8, 4) is 22.4 Å². The van der Waals surface area contributed by atoms with Crippen LogP contribution in [0.2, 0.25) is 0 Å². The molecule has 3 aromatic heterocycles. The molecule has 4 heterocycles. The van der Waals surface area contributed by atoms with Gasteiger partial charge in [0.1, 0.15) is 23.8 Å². The van der Waals surface area contributed by atoms with Gasteiger partial charge >= 0.3 is 5.97 Å². The topological polar surface area (TPSA) is 122 Å². The van der Waals surface area contributed by atoms with Crippen LogP contribution in [0.25, 0.3) is 44.2 Å². The Bertz CT molecular complexity index is 1700. The van der Waals surface area contributed by atoms with Gasteiger partial charge in [0.05, 0.1) is 11.4 Å². The third kappa shape index (κ3) is 3.27. The van der Waals surface area contributed by atoms with E-state index in [0.717, 1.165) is 38.8 Å². The lowest BCUT2D eigenvalue weighted by Crippen LogP contribution is -2.01. The van der Waals surface area contributed by atoms with Crippen LogP contribution in [-0.4, -0.2) is 38.3 Å². The number of aromatic carboxylic acids is 1. The molecule has 5 aromatic rings. The fourth-order valence-corrected chi connectivity index (χ4v) is 4.97. The normalized spacial score (nSPS) is 13.4. The molecule has 0 unspecified atom stereocenters. The van der Waals surface area contributed by atoms with Gasteiger partial charge in [0, 0.05) is 39.1 Å². The largest absolute Gasteiger partial charge is 0.477 e. The number of carboxylic acid groups (broad SMARTS) is 1. The monoisotopic (exact) mass is 468 g/mol. The average Bonchev–Trinajstić information content (AvgIpc) is 3.62. The molecular formula is C26H21FN6O2. The minimum absolute atomic E-state index is 0.0490. The minimum atomic E-state index is -1.08. The highest BCUT2D eigenvalue weighted by atomic mass is 19.1. The van der Waals surface area contributed by atoms with E-state index >= 15 is 0 Å². The summed E-state index contributed by atoms with van der Waals surface area (Å²) in [6, 6.07) is 12.4. The Labute approximate surface area is 198 Å². The van der Waals surface area contributed by atoms with Crippen LogP contribution >= 0.6 is 0 Å². The molecule has 35 heavy (non-hydrogen) atoms. The second-order valence-corrected chi connectivity index (χ2v) is 8.90. The fourth-order valence-electron chi connectivity index (χ4n) is 4.97. The van der Waals surface area contributed by atoms with Gasteiger partial charge < -0.3 is 20.1 Å². The van der Waals surface area contributed by atoms with Crippen LogP contribution < -0.4 is 0 Å². The van der Waals surface area contributed by atoms with Crippen LogP contribution in [0.3, 0.4) is 0 Å². The van der Waals surface area contributed by atoms with Crippen LogP contribution in [0.4, 0.5) is 4.39 Å². The van der Waals surface area contributed by atoms with Crippen molar-refractivity contribution in [3.63, 3.8) is 0 Å². The summed E-state index contributed by atoms with van der Waals surface area (Å²) in [5.41, 5.74) is 6.45. The number of benzene rings is 2. The maximum atomic E-state index is 14.6. The molecule has 0 bridgehead atoms. The Morgan fingerprint density at radius 2 is 1.91 bits per heavy atom. The zero-order valence-corrected chi connectivity index (χ0v) is 19.0. The molecule has 1 aliphatic rings. The molecule has 9 heteroatoms. The standard InChI is InChI=1S/C26H21FN6O2/c1-12(2)22-23(15-4-3-5-18-16(15)10-20(30-18)21-11-29-33-32-21)25(26(34)35)31-24(22)17-8-13(27)9-19-14(17)6-7-28-19/h3-10,12,28,30-31H,11H2,1-2H3,(H,34,35). The minimum Gasteiger partial charge on any atom is -0.477 e. The smallest absolute Gasteiger partial charge is 0.352 e. The van der Waals surface area contributed by atoms with Gasteiger partial charge in [-0.2, -0.15) is 5.11 Å². The van der Waals surface area contributed by atoms with Crippen LogP contribution in [-0.2, 0) is 0 Å². The van der Waals surface area contributed by atoms with E-state index in [-0.39, 0.29) is 11.6 Å². The average molecular weight is 468 g/mol. The quantitative estimate of drug-likeness (QED) is 0.237. The van der Waals surface area contributed by atoms with Crippen molar-refractivity contribution < 1.29 is 14.3 Å². The molecule has 1 aliphatic heterocycles. The van der Waals surface area contributed by atoms with Crippen molar-refractivity contribution >= 4 is 33.5 Å². The molecule has 0 atom stereocenters. The van der Waals surface area contributed by atoms with Crippen molar-refractivity contribution in [3.05, 3.63) is 71.4 Å². The van der Waals surface area contributed by atoms with Crippen LogP contribution in [0.1, 0.15) is 41.5 Å². The summed E-state index contributed by atoms with van der Waals surface area (Å²) in [6.45, 7) is 4.41. The first-order valence-electron chi connectivity index (χ1n) is 11.2. The number of aromatic amines is 3. The van der Waals surface area contributed by atoms with Crippen molar-refractivity contribution in [2.75, 3.05) is 6.54 Å². The second-order valence-electron chi connectivity index (χ2n) is 8.90. The summed E-state index contributed by atoms with van der Waals surface area (Å²) >= 11 is 0. The first-order chi connectivity index (χ1) is 16.9. The molecule has 0 spiro atoms. The lowest BCUT2D eigenvalue weighted by molar-refractivity contribution is 0.0692. The molecule has 4 N–H and O–H groups in total. The highest BCUT2D eigenvalue weighted by molar-refractivity contribution is 6.10. The fraction of sp³-hybridized carbons (Fsp3) is 0.154. The number of hydrogen-bond donors (Lipinski definition) is 4. The molecule has 0 aliphatic carbocycles. The van der Waals surface area contributed by atoms with Gasteiger partial charge in [-0.05, 0) is 52.6 Å². The van der Waals surface area contributed by atoms with Gasteiger partial charge in [0.2, 0.25) is 0 Å². The molecule has 6 rings (SSSR count). The van der Waals surface area contributed by atoms with E-state index in [4.69, 9.17) is 0 Å². The van der Waals surface area contributed by atoms with Gasteiger partial charge in [-0.1, -0.05) is 26.0 Å². The molecule has 8 nitrogen and oxygen atoms in total. The Balaban J connectivity index is 1.66. The van der Waals surface area contributed by atoms with E-state index in [0.29, 0.717) is 28.9 Å². The summed E-state index contributed by atoms with van der Waals surface area (Å²) in [5.74, 6) is -1.53. The summed E-state index contributed by atoms with van der Waals surface area (Å²) in [5, 5.41) is 23.6. The van der Waals surface area contributed by atoms with Crippen LogP contribution in [0.15, 0.2) is 64.1 Å². The number of fused-ring (bicyclic) bond motifs is 2. The summed E-state index contributed by atoms with van der Waals surface area (Å²) in [6.07, 6.45) is 1.75. The van der Waals surface area contributed by atoms with Crippen LogP contribution in [0, 0.1) is 5.82 Å². The Morgan fingerprint density at radius 1 is 1.06 bits per heavy atom. The molecule has 0 amide bonds. The molecule has 0 saturated carbocycles. The third-order valence-corrected chi connectivity index (χ3v) is 6.43. The third-order valence-electron chi connectivity index (χ3n) is 6.43. The van der Waals surface area contributed by atoms with E-state index in [9.17, 15) is 14.3 Å². The van der Waals surface area contributed by atoms with E-state index in [1.165, 1.54) is 12.1 Å². The lowest BCUT2D eigenvalue weighted by atomic mass is 9.89. The number of H-pyrrole nitrogens is 3. The Morgan fingerprint density at radius 3 is 2.66 bits per heavy atom. The number of carboxylic acids is 1. The van der Waals surface area contributed by atoms with Gasteiger partial charge in [0.15, 0.2) is 0 Å². The van der Waals surface area contributed by atoms with Crippen molar-refractivity contribution in [2.24, 2.45) is 15.4 Å². The lowest BCUT2D eigenvalue weighted by Gasteiger charge is -2.13. The molecule has 2 aromatic carbocycles. The highest BCUT2D eigenvalue weighted by Crippen LogP contribution is 2.44. The second kappa shape index (κ2) is 7.76. The summed E-state index contributed by atoms with van der Waals surface area (Å²) < 4.78 is 14.6. The molecule has 0 radical (unpaired) electrons. The predicted molar refractivity (Wildman–Crippen MR) is 133 cm³/mol.